The van der Waals surface area contributed by atoms with E-state index in [-0.39, 0.29) is 5.75 Å². The predicted octanol–water partition coefficient (Wildman–Crippen LogP) is 1.41. The van der Waals surface area contributed by atoms with Crippen molar-refractivity contribution in [3.05, 3.63) is 24.3 Å². The molecule has 1 rings (SSSR count). The Kier molecular flexibility index (Phi) is 2.58. The average molecular weight is 171 g/mol. The molecule has 1 aromatic rings. The Bertz CT molecular complexity index is 272. The van der Waals surface area contributed by atoms with Crippen LogP contribution in [0.1, 0.15) is 0 Å². The lowest BCUT2D eigenvalue weighted by molar-refractivity contribution is 0.420. The van der Waals surface area contributed by atoms with Crippen LogP contribution in [0.2, 0.25) is 0 Å². The van der Waals surface area contributed by atoms with Crippen LogP contribution in [-0.2, 0) is 9.09 Å². The summed E-state index contributed by atoms with van der Waals surface area (Å²) >= 11 is 0. The highest BCUT2D eigenvalue weighted by Gasteiger charge is 2.23. The van der Waals surface area contributed by atoms with Gasteiger partial charge in [-0.1, -0.05) is 12.1 Å². The second-order valence-electron chi connectivity index (χ2n) is 1.93. The lowest BCUT2D eigenvalue weighted by Crippen LogP contribution is -1.96. The molecule has 0 aliphatic rings. The van der Waals surface area contributed by atoms with Gasteiger partial charge in [-0.05, 0) is 16.7 Å². The second-order valence-corrected chi connectivity index (χ2v) is 3.29. The molecular formula is C7H8O3P+. The highest BCUT2D eigenvalue weighted by Crippen LogP contribution is 2.24. The van der Waals surface area contributed by atoms with Gasteiger partial charge >= 0.3 is 8.03 Å². The van der Waals surface area contributed by atoms with Crippen molar-refractivity contribution < 1.29 is 14.2 Å². The topological polar surface area (TPSA) is 46.5 Å². The zero-order valence-electron chi connectivity index (χ0n) is 6.02. The van der Waals surface area contributed by atoms with Gasteiger partial charge in [0.25, 0.3) is 5.30 Å². The molecule has 1 unspecified atom stereocenters. The molecule has 0 aliphatic heterocycles. The third kappa shape index (κ3) is 1.76. The molecular weight excluding hydrogens is 163 g/mol. The van der Waals surface area contributed by atoms with E-state index in [4.69, 9.17) is 5.11 Å². The number of benzene rings is 1. The van der Waals surface area contributed by atoms with Crippen molar-refractivity contribution in [2.45, 2.75) is 0 Å². The fourth-order valence-corrected chi connectivity index (χ4v) is 1.38. The van der Waals surface area contributed by atoms with Crippen LogP contribution in [0.25, 0.3) is 0 Å². The molecule has 0 aromatic heterocycles. The Morgan fingerprint density at radius 3 is 2.64 bits per heavy atom. The SMILES string of the molecule is CO[P+](=O)c1ccccc1O. The molecule has 0 spiro atoms. The van der Waals surface area contributed by atoms with E-state index in [1.54, 1.807) is 18.2 Å². The molecule has 0 saturated heterocycles. The van der Waals surface area contributed by atoms with Crippen molar-refractivity contribution in [3.8, 4) is 5.75 Å². The third-order valence-corrected chi connectivity index (χ3v) is 2.35. The fourth-order valence-electron chi connectivity index (χ4n) is 0.717. The first-order chi connectivity index (χ1) is 5.25. The van der Waals surface area contributed by atoms with E-state index >= 15 is 0 Å². The maximum atomic E-state index is 11.0. The van der Waals surface area contributed by atoms with E-state index in [1.165, 1.54) is 13.2 Å². The lowest BCUT2D eigenvalue weighted by atomic mass is 10.3. The molecule has 0 saturated carbocycles. The minimum absolute atomic E-state index is 0.00969. The van der Waals surface area contributed by atoms with Crippen LogP contribution >= 0.6 is 8.03 Å². The molecule has 11 heavy (non-hydrogen) atoms. The number of aromatic hydroxyl groups is 1. The maximum absolute atomic E-state index is 11.0. The van der Waals surface area contributed by atoms with Crippen LogP contribution < -0.4 is 5.30 Å². The molecule has 1 aromatic carbocycles. The van der Waals surface area contributed by atoms with Gasteiger partial charge in [0.1, 0.15) is 0 Å². The van der Waals surface area contributed by atoms with Crippen molar-refractivity contribution in [1.82, 2.24) is 0 Å². The molecule has 1 N–H and O–H groups in total. The van der Waals surface area contributed by atoms with Crippen LogP contribution in [0.15, 0.2) is 24.3 Å². The zero-order valence-corrected chi connectivity index (χ0v) is 6.91. The van der Waals surface area contributed by atoms with Gasteiger partial charge in [0.05, 0.1) is 7.11 Å². The summed E-state index contributed by atoms with van der Waals surface area (Å²) in [5.74, 6) is 0.00969. The minimum Gasteiger partial charge on any atom is -0.504 e. The van der Waals surface area contributed by atoms with Crippen molar-refractivity contribution in [2.24, 2.45) is 0 Å². The highest BCUT2D eigenvalue weighted by atomic mass is 31.1. The van der Waals surface area contributed by atoms with Crippen LogP contribution in [0.5, 0.6) is 5.75 Å². The Balaban J connectivity index is 3.03. The minimum atomic E-state index is -1.89. The summed E-state index contributed by atoms with van der Waals surface area (Å²) in [4.78, 5) is 0. The van der Waals surface area contributed by atoms with Crippen molar-refractivity contribution in [3.63, 3.8) is 0 Å². The van der Waals surface area contributed by atoms with E-state index in [0.29, 0.717) is 5.30 Å². The third-order valence-electron chi connectivity index (χ3n) is 1.24. The molecule has 0 bridgehead atoms. The van der Waals surface area contributed by atoms with Gasteiger partial charge in [-0.2, -0.15) is 0 Å². The molecule has 0 amide bonds. The van der Waals surface area contributed by atoms with Crippen molar-refractivity contribution in [2.75, 3.05) is 7.11 Å². The van der Waals surface area contributed by atoms with Crippen LogP contribution in [-0.4, -0.2) is 12.2 Å². The number of rotatable bonds is 2. The summed E-state index contributed by atoms with van der Waals surface area (Å²) in [5, 5.41) is 9.49. The standard InChI is InChI=1S/C7H7O3P/c1-10-11(9)7-5-3-2-4-6(7)8/h2-5H,1H3/p+1. The predicted molar refractivity (Wildman–Crippen MR) is 42.4 cm³/mol. The van der Waals surface area contributed by atoms with Gasteiger partial charge in [-0.25, -0.2) is 0 Å². The normalized spacial score (nSPS) is 11.2. The molecule has 0 radical (unpaired) electrons. The maximum Gasteiger partial charge on any atom is 0.552 e. The van der Waals surface area contributed by atoms with E-state index in [9.17, 15) is 4.57 Å². The van der Waals surface area contributed by atoms with Gasteiger partial charge in [0.2, 0.25) is 0 Å². The first-order valence-corrected chi connectivity index (χ1v) is 4.23. The van der Waals surface area contributed by atoms with Gasteiger partial charge in [0, 0.05) is 0 Å². The molecule has 0 heterocycles. The zero-order chi connectivity index (χ0) is 8.27. The number of hydrogen-bond donors (Lipinski definition) is 1. The van der Waals surface area contributed by atoms with E-state index in [2.05, 4.69) is 4.52 Å². The smallest absolute Gasteiger partial charge is 0.504 e. The molecule has 4 heteroatoms. The molecule has 3 nitrogen and oxygen atoms in total. The van der Waals surface area contributed by atoms with Gasteiger partial charge < -0.3 is 5.11 Å². The Hall–Kier alpha value is -0.920. The summed E-state index contributed by atoms with van der Waals surface area (Å²) in [6, 6.07) is 6.40. The average Bonchev–Trinajstić information content (AvgIpc) is 2.04. The Labute approximate surface area is 65.5 Å². The summed E-state index contributed by atoms with van der Waals surface area (Å²) in [7, 11) is -0.556. The van der Waals surface area contributed by atoms with Crippen molar-refractivity contribution in [1.29, 1.82) is 0 Å². The fraction of sp³-hybridized carbons (Fsp3) is 0.143. The van der Waals surface area contributed by atoms with Gasteiger partial charge in [-0.3, -0.25) is 0 Å². The number of hydrogen-bond acceptors (Lipinski definition) is 3. The number of phenolic OH excluding ortho intramolecular Hbond substituents is 1. The lowest BCUT2D eigenvalue weighted by Gasteiger charge is -1.88. The highest BCUT2D eigenvalue weighted by molar-refractivity contribution is 7.48. The molecule has 58 valence electrons. The largest absolute Gasteiger partial charge is 0.552 e. The van der Waals surface area contributed by atoms with Crippen molar-refractivity contribution >= 4 is 13.3 Å². The Morgan fingerprint density at radius 2 is 2.09 bits per heavy atom. The van der Waals surface area contributed by atoms with Crippen LogP contribution in [0.3, 0.4) is 0 Å². The van der Waals surface area contributed by atoms with E-state index < -0.39 is 8.03 Å². The van der Waals surface area contributed by atoms with Gasteiger partial charge in [0.15, 0.2) is 5.75 Å². The first-order valence-electron chi connectivity index (χ1n) is 3.05. The van der Waals surface area contributed by atoms with Crippen LogP contribution in [0, 0.1) is 0 Å². The van der Waals surface area contributed by atoms with E-state index in [0.717, 1.165) is 0 Å². The second kappa shape index (κ2) is 3.46. The molecule has 1 atom stereocenters. The number of phenols is 1. The number of para-hydroxylation sites is 1. The summed E-state index contributed by atoms with van der Waals surface area (Å²) in [5.41, 5.74) is 0. The monoisotopic (exact) mass is 171 g/mol. The first kappa shape index (κ1) is 8.18. The quantitative estimate of drug-likeness (QED) is 0.684. The Morgan fingerprint density at radius 1 is 1.45 bits per heavy atom. The van der Waals surface area contributed by atoms with Crippen LogP contribution in [0.4, 0.5) is 0 Å². The molecule has 0 fully saturated rings. The summed E-state index contributed by atoms with van der Waals surface area (Å²) < 4.78 is 15.6. The van der Waals surface area contributed by atoms with E-state index in [1.807, 2.05) is 0 Å². The summed E-state index contributed by atoms with van der Waals surface area (Å²) in [6.45, 7) is 0. The summed E-state index contributed by atoms with van der Waals surface area (Å²) in [6.07, 6.45) is 0. The van der Waals surface area contributed by atoms with Gasteiger partial charge in [-0.15, -0.1) is 4.52 Å². The molecule has 0 aliphatic carbocycles.